The summed E-state index contributed by atoms with van der Waals surface area (Å²) in [6, 6.07) is 17.9. The van der Waals surface area contributed by atoms with Gasteiger partial charge in [-0.3, -0.25) is 4.79 Å². The zero-order valence-corrected chi connectivity index (χ0v) is 17.1. The predicted molar refractivity (Wildman–Crippen MR) is 121 cm³/mol. The molecule has 1 amide bonds. The van der Waals surface area contributed by atoms with E-state index in [2.05, 4.69) is 24.4 Å². The number of anilines is 1. The van der Waals surface area contributed by atoms with Gasteiger partial charge in [-0.15, -0.1) is 0 Å². The quantitative estimate of drug-likeness (QED) is 0.501. The Morgan fingerprint density at radius 2 is 1.69 bits per heavy atom. The summed E-state index contributed by atoms with van der Waals surface area (Å²) in [5.41, 5.74) is 0.882. The fraction of sp³-hybridized carbons (Fsp3) is 0.160. The molecule has 0 bridgehead atoms. The number of aromatic hydroxyl groups is 1. The van der Waals surface area contributed by atoms with E-state index in [1.54, 1.807) is 43.5 Å². The van der Waals surface area contributed by atoms with Gasteiger partial charge in [-0.2, -0.15) is 0 Å². The minimum Gasteiger partial charge on any atom is -0.507 e. The number of ether oxygens (including phenoxy) is 1. The van der Waals surface area contributed by atoms with Crippen molar-refractivity contribution in [3.05, 3.63) is 90.5 Å². The number of hydrogen-bond donors (Lipinski definition) is 2. The first-order valence-electron chi connectivity index (χ1n) is 9.54. The number of rotatable bonds is 5. The van der Waals surface area contributed by atoms with Gasteiger partial charge >= 0.3 is 0 Å². The zero-order chi connectivity index (χ0) is 21.1. The molecule has 4 heteroatoms. The Hall–Kier alpha value is -3.53. The van der Waals surface area contributed by atoms with Crippen LogP contribution in [0.15, 0.2) is 85.0 Å². The smallest absolute Gasteiger partial charge is 0.259 e. The number of benzene rings is 3. The highest BCUT2D eigenvalue weighted by molar-refractivity contribution is 6.08. The lowest BCUT2D eigenvalue weighted by Gasteiger charge is -2.09. The number of hydrogen-bond acceptors (Lipinski definition) is 3. The fourth-order valence-corrected chi connectivity index (χ4v) is 2.61. The van der Waals surface area contributed by atoms with Crippen molar-refractivity contribution in [1.29, 1.82) is 0 Å². The summed E-state index contributed by atoms with van der Waals surface area (Å²) in [4.78, 5) is 12.3. The third kappa shape index (κ3) is 6.54. The van der Waals surface area contributed by atoms with Crippen LogP contribution in [0.3, 0.4) is 0 Å². The predicted octanol–water partition coefficient (Wildman–Crippen LogP) is 6.34. The molecule has 0 unspecified atom stereocenters. The summed E-state index contributed by atoms with van der Waals surface area (Å²) < 4.78 is 5.07. The summed E-state index contributed by atoms with van der Waals surface area (Å²) >= 11 is 0. The number of amides is 1. The first kappa shape index (κ1) is 21.8. The minimum atomic E-state index is -0.353. The Kier molecular flexibility index (Phi) is 8.51. The molecular formula is C25H27NO3. The Labute approximate surface area is 172 Å². The van der Waals surface area contributed by atoms with Crippen LogP contribution in [0.4, 0.5) is 5.69 Å². The number of methoxy groups -OCH3 is 1. The summed E-state index contributed by atoms with van der Waals surface area (Å²) in [6.45, 7) is 4.14. The number of phenolic OH excluding ortho intramolecular Hbond substituents is 1. The molecule has 29 heavy (non-hydrogen) atoms. The Morgan fingerprint density at radius 1 is 1.03 bits per heavy atom. The maximum atomic E-state index is 12.3. The van der Waals surface area contributed by atoms with E-state index in [1.165, 1.54) is 0 Å². The number of allylic oxidation sites excluding steroid dienone is 4. The maximum absolute atomic E-state index is 12.3. The van der Waals surface area contributed by atoms with E-state index in [0.717, 1.165) is 17.2 Å². The molecule has 3 rings (SSSR count). The second-order valence-corrected chi connectivity index (χ2v) is 6.26. The van der Waals surface area contributed by atoms with Gasteiger partial charge in [0, 0.05) is 5.69 Å². The van der Waals surface area contributed by atoms with E-state index in [9.17, 15) is 9.90 Å². The third-order valence-corrected chi connectivity index (χ3v) is 4.13. The van der Waals surface area contributed by atoms with E-state index in [1.807, 2.05) is 43.3 Å². The Bertz CT molecular complexity index is 989. The van der Waals surface area contributed by atoms with Crippen LogP contribution in [0.25, 0.3) is 10.8 Å². The number of carbonyl (C=O) groups excluding carboxylic acids is 1. The van der Waals surface area contributed by atoms with Crippen molar-refractivity contribution in [2.24, 2.45) is 0 Å². The molecule has 0 saturated heterocycles. The van der Waals surface area contributed by atoms with E-state index in [-0.39, 0.29) is 17.2 Å². The van der Waals surface area contributed by atoms with Crippen molar-refractivity contribution in [3.63, 3.8) is 0 Å². The number of fused-ring (bicyclic) bond motifs is 1. The lowest BCUT2D eigenvalue weighted by Crippen LogP contribution is -2.12. The van der Waals surface area contributed by atoms with Crippen LogP contribution < -0.4 is 10.1 Å². The standard InChI is InChI=1S/C18H15NO3.C7H12/c1-22-15-8-6-14(7-9-15)19-18(21)16-10-12-4-2-3-5-13(12)11-17(16)20;1-3-5-7-6-4-2/h2-11,20H,1H3,(H,19,21);3,5-7H,4H2,1-2H3/b;5-3-,7-6-. The Balaban J connectivity index is 0.000000370. The van der Waals surface area contributed by atoms with Crippen molar-refractivity contribution in [3.8, 4) is 11.5 Å². The second-order valence-electron chi connectivity index (χ2n) is 6.26. The highest BCUT2D eigenvalue weighted by Gasteiger charge is 2.12. The Morgan fingerprint density at radius 3 is 2.28 bits per heavy atom. The SMILES string of the molecule is C/C=C\C=C/CC.COc1ccc(NC(=O)c2cc3ccccc3cc2O)cc1. The maximum Gasteiger partial charge on any atom is 0.259 e. The molecule has 0 spiro atoms. The lowest BCUT2D eigenvalue weighted by molar-refractivity contribution is 0.102. The van der Waals surface area contributed by atoms with Crippen molar-refractivity contribution in [1.82, 2.24) is 0 Å². The van der Waals surface area contributed by atoms with Crippen LogP contribution in [0.1, 0.15) is 30.6 Å². The highest BCUT2D eigenvalue weighted by Crippen LogP contribution is 2.26. The molecule has 0 fully saturated rings. The van der Waals surface area contributed by atoms with Gasteiger partial charge in [0.15, 0.2) is 0 Å². The van der Waals surface area contributed by atoms with Gasteiger partial charge in [0.05, 0.1) is 12.7 Å². The third-order valence-electron chi connectivity index (χ3n) is 4.13. The number of nitrogens with one attached hydrogen (secondary N) is 1. The van der Waals surface area contributed by atoms with E-state index in [0.29, 0.717) is 11.4 Å². The van der Waals surface area contributed by atoms with Gasteiger partial charge in [-0.05, 0) is 60.5 Å². The zero-order valence-electron chi connectivity index (χ0n) is 17.1. The first-order valence-corrected chi connectivity index (χ1v) is 9.54. The fourth-order valence-electron chi connectivity index (χ4n) is 2.61. The van der Waals surface area contributed by atoms with Gasteiger partial charge < -0.3 is 15.2 Å². The van der Waals surface area contributed by atoms with Crippen LogP contribution in [0.2, 0.25) is 0 Å². The molecule has 0 aromatic heterocycles. The minimum absolute atomic E-state index is 0.0373. The van der Waals surface area contributed by atoms with Crippen LogP contribution in [0.5, 0.6) is 11.5 Å². The molecule has 2 N–H and O–H groups in total. The molecule has 0 aliphatic rings. The summed E-state index contributed by atoms with van der Waals surface area (Å²) in [7, 11) is 1.58. The molecule has 0 heterocycles. The van der Waals surface area contributed by atoms with Crippen LogP contribution in [0, 0.1) is 0 Å². The molecule has 0 radical (unpaired) electrons. The highest BCUT2D eigenvalue weighted by atomic mass is 16.5. The summed E-state index contributed by atoms with van der Waals surface area (Å²) in [5, 5.41) is 14.6. The van der Waals surface area contributed by atoms with Gasteiger partial charge in [0.25, 0.3) is 5.91 Å². The van der Waals surface area contributed by atoms with Crippen molar-refractivity contribution in [2.45, 2.75) is 20.3 Å². The van der Waals surface area contributed by atoms with E-state index >= 15 is 0 Å². The lowest BCUT2D eigenvalue weighted by atomic mass is 10.1. The monoisotopic (exact) mass is 389 g/mol. The normalized spacial score (nSPS) is 10.7. The van der Waals surface area contributed by atoms with Gasteiger partial charge in [0.1, 0.15) is 11.5 Å². The van der Waals surface area contributed by atoms with Gasteiger partial charge in [-0.25, -0.2) is 0 Å². The molecule has 3 aromatic carbocycles. The second kappa shape index (κ2) is 11.3. The van der Waals surface area contributed by atoms with Crippen molar-refractivity contribution in [2.75, 3.05) is 12.4 Å². The first-order chi connectivity index (χ1) is 14.1. The topological polar surface area (TPSA) is 58.6 Å². The van der Waals surface area contributed by atoms with Gasteiger partial charge in [0.2, 0.25) is 0 Å². The molecule has 3 aromatic rings. The molecule has 4 nitrogen and oxygen atoms in total. The molecule has 0 saturated carbocycles. The van der Waals surface area contributed by atoms with E-state index < -0.39 is 0 Å². The molecule has 150 valence electrons. The number of carbonyl (C=O) groups is 1. The van der Waals surface area contributed by atoms with Crippen LogP contribution >= 0.6 is 0 Å². The summed E-state index contributed by atoms with van der Waals surface area (Å²) in [6.07, 6.45) is 9.36. The van der Waals surface area contributed by atoms with Crippen LogP contribution in [-0.4, -0.2) is 18.1 Å². The number of phenols is 1. The van der Waals surface area contributed by atoms with Crippen molar-refractivity contribution < 1.29 is 14.6 Å². The van der Waals surface area contributed by atoms with E-state index in [4.69, 9.17) is 4.74 Å². The summed E-state index contributed by atoms with van der Waals surface area (Å²) in [5.74, 6) is 0.324. The average Bonchev–Trinajstić information content (AvgIpc) is 2.74. The average molecular weight is 389 g/mol. The van der Waals surface area contributed by atoms with Crippen LogP contribution in [-0.2, 0) is 0 Å². The largest absolute Gasteiger partial charge is 0.507 e. The van der Waals surface area contributed by atoms with Gasteiger partial charge in [-0.1, -0.05) is 55.5 Å². The molecule has 0 aliphatic heterocycles. The van der Waals surface area contributed by atoms with Crippen molar-refractivity contribution >= 4 is 22.4 Å². The molecule has 0 atom stereocenters. The molecule has 0 aliphatic carbocycles. The molecular weight excluding hydrogens is 362 g/mol.